The Kier molecular flexibility index (Phi) is 3.69. The van der Waals surface area contributed by atoms with Gasteiger partial charge in [0, 0.05) is 0 Å². The molecular formula is C15H16BNOS. The Bertz CT molecular complexity index is 576. The van der Waals surface area contributed by atoms with Crippen molar-refractivity contribution in [1.82, 2.24) is 0 Å². The van der Waals surface area contributed by atoms with Gasteiger partial charge in [-0.15, -0.1) is 0 Å². The number of anilines is 1. The topological polar surface area (TPSA) is 21.3 Å². The van der Waals surface area contributed by atoms with Crippen LogP contribution in [0.2, 0.25) is 0 Å². The summed E-state index contributed by atoms with van der Waals surface area (Å²) in [6.45, 7) is 2.83. The molecule has 1 heterocycles. The van der Waals surface area contributed by atoms with Crippen molar-refractivity contribution in [3.8, 4) is 5.75 Å². The molecule has 3 rings (SSSR count). The van der Waals surface area contributed by atoms with Crippen molar-refractivity contribution in [1.29, 1.82) is 0 Å². The highest BCUT2D eigenvalue weighted by Gasteiger charge is 2.24. The van der Waals surface area contributed by atoms with E-state index in [1.54, 1.807) is 0 Å². The van der Waals surface area contributed by atoms with E-state index >= 15 is 0 Å². The SMILES string of the molecule is CCSB1Nc2ccccc2OCc2ccccc21. The number of hydrogen-bond acceptors (Lipinski definition) is 3. The van der Waals surface area contributed by atoms with Crippen LogP contribution in [0, 0.1) is 0 Å². The summed E-state index contributed by atoms with van der Waals surface area (Å²) in [6.07, 6.45) is 0.284. The summed E-state index contributed by atoms with van der Waals surface area (Å²) in [7, 11) is 0. The standard InChI is InChI=1S/C15H16BNOS/c1-2-19-16-13-8-4-3-7-12(13)11-18-15-10-6-5-9-14(15)17-16/h3-10,17H,2,11H2,1H3. The van der Waals surface area contributed by atoms with Gasteiger partial charge in [-0.1, -0.05) is 43.3 Å². The van der Waals surface area contributed by atoms with Gasteiger partial charge < -0.3 is 9.96 Å². The molecule has 19 heavy (non-hydrogen) atoms. The number of para-hydroxylation sites is 2. The van der Waals surface area contributed by atoms with Crippen LogP contribution in [0.25, 0.3) is 0 Å². The third-order valence-corrected chi connectivity index (χ3v) is 4.27. The summed E-state index contributed by atoms with van der Waals surface area (Å²) >= 11 is 1.91. The Balaban J connectivity index is 2.02. The van der Waals surface area contributed by atoms with Gasteiger partial charge in [-0.25, -0.2) is 0 Å². The van der Waals surface area contributed by atoms with Gasteiger partial charge in [-0.05, 0) is 28.9 Å². The normalized spacial score (nSPS) is 13.4. The van der Waals surface area contributed by atoms with Crippen LogP contribution in [0.1, 0.15) is 12.5 Å². The lowest BCUT2D eigenvalue weighted by molar-refractivity contribution is 0.308. The lowest BCUT2D eigenvalue weighted by Crippen LogP contribution is -2.39. The fourth-order valence-corrected chi connectivity index (χ4v) is 3.26. The van der Waals surface area contributed by atoms with E-state index < -0.39 is 0 Å². The van der Waals surface area contributed by atoms with E-state index in [1.165, 1.54) is 11.0 Å². The molecule has 1 aliphatic heterocycles. The maximum absolute atomic E-state index is 5.91. The number of ether oxygens (including phenoxy) is 1. The van der Waals surface area contributed by atoms with E-state index in [-0.39, 0.29) is 6.13 Å². The minimum Gasteiger partial charge on any atom is -0.487 e. The molecular weight excluding hydrogens is 253 g/mol. The van der Waals surface area contributed by atoms with Crippen LogP contribution in [0.4, 0.5) is 5.69 Å². The second-order valence-corrected chi connectivity index (χ2v) is 5.85. The molecule has 0 spiro atoms. The highest BCUT2D eigenvalue weighted by molar-refractivity contribution is 8.27. The number of hydrogen-bond donors (Lipinski definition) is 1. The van der Waals surface area contributed by atoms with E-state index in [0.29, 0.717) is 6.61 Å². The highest BCUT2D eigenvalue weighted by atomic mass is 32.2. The van der Waals surface area contributed by atoms with Crippen molar-refractivity contribution in [2.24, 2.45) is 0 Å². The fourth-order valence-electron chi connectivity index (χ4n) is 2.31. The Morgan fingerprint density at radius 1 is 1.16 bits per heavy atom. The zero-order chi connectivity index (χ0) is 13.1. The average molecular weight is 269 g/mol. The monoisotopic (exact) mass is 269 g/mol. The van der Waals surface area contributed by atoms with Crippen molar-refractivity contribution in [3.63, 3.8) is 0 Å². The van der Waals surface area contributed by atoms with Crippen molar-refractivity contribution in [3.05, 3.63) is 54.1 Å². The predicted molar refractivity (Wildman–Crippen MR) is 84.4 cm³/mol. The molecule has 0 amide bonds. The van der Waals surface area contributed by atoms with Crippen LogP contribution in [0.5, 0.6) is 5.75 Å². The molecule has 96 valence electrons. The van der Waals surface area contributed by atoms with Gasteiger partial charge in [0.25, 0.3) is 0 Å². The molecule has 0 bridgehead atoms. The Morgan fingerprint density at radius 3 is 2.84 bits per heavy atom. The van der Waals surface area contributed by atoms with Gasteiger partial charge in [-0.3, -0.25) is 0 Å². The molecule has 2 aromatic carbocycles. The molecule has 0 saturated heterocycles. The summed E-state index contributed by atoms with van der Waals surface area (Å²) in [4.78, 5) is 0. The van der Waals surface area contributed by atoms with Gasteiger partial charge in [0.15, 0.2) is 0 Å². The summed E-state index contributed by atoms with van der Waals surface area (Å²) < 4.78 is 5.91. The van der Waals surface area contributed by atoms with Crippen LogP contribution in [0.3, 0.4) is 0 Å². The first-order chi connectivity index (χ1) is 9.38. The largest absolute Gasteiger partial charge is 0.487 e. The summed E-state index contributed by atoms with van der Waals surface area (Å²) in [5, 5.41) is 3.59. The van der Waals surface area contributed by atoms with E-state index in [2.05, 4.69) is 42.5 Å². The average Bonchev–Trinajstić information content (AvgIpc) is 2.44. The second kappa shape index (κ2) is 5.62. The number of rotatable bonds is 2. The maximum Gasteiger partial charge on any atom is 0.355 e. The molecule has 0 fully saturated rings. The summed E-state index contributed by atoms with van der Waals surface area (Å²) in [5.74, 6) is 2.01. The van der Waals surface area contributed by atoms with Crippen LogP contribution >= 0.6 is 11.6 Å². The molecule has 0 unspecified atom stereocenters. The molecule has 2 aromatic rings. The van der Waals surface area contributed by atoms with Crippen LogP contribution in [0.15, 0.2) is 48.5 Å². The third kappa shape index (κ3) is 2.59. The smallest absolute Gasteiger partial charge is 0.355 e. The van der Waals surface area contributed by atoms with Crippen molar-refractivity contribution in [2.45, 2.75) is 13.5 Å². The van der Waals surface area contributed by atoms with Gasteiger partial charge in [0.05, 0.1) is 5.69 Å². The van der Waals surface area contributed by atoms with Crippen LogP contribution in [-0.4, -0.2) is 11.9 Å². The van der Waals surface area contributed by atoms with Gasteiger partial charge >= 0.3 is 6.13 Å². The minimum absolute atomic E-state index is 0.284. The van der Waals surface area contributed by atoms with E-state index in [0.717, 1.165) is 17.2 Å². The van der Waals surface area contributed by atoms with Crippen molar-refractivity contribution < 1.29 is 4.74 Å². The number of nitrogens with one attached hydrogen (secondary N) is 1. The van der Waals surface area contributed by atoms with Crippen LogP contribution in [-0.2, 0) is 6.61 Å². The van der Waals surface area contributed by atoms with Gasteiger partial charge in [0.2, 0.25) is 0 Å². The van der Waals surface area contributed by atoms with Crippen molar-refractivity contribution >= 4 is 28.9 Å². The maximum atomic E-state index is 5.91. The molecule has 1 aliphatic rings. The number of benzene rings is 2. The lowest BCUT2D eigenvalue weighted by atomic mass is 9.76. The zero-order valence-electron chi connectivity index (χ0n) is 10.9. The molecule has 0 radical (unpaired) electrons. The molecule has 2 nitrogen and oxygen atoms in total. The Morgan fingerprint density at radius 2 is 1.95 bits per heavy atom. The Hall–Kier alpha value is -1.55. The first-order valence-electron chi connectivity index (χ1n) is 6.56. The molecule has 1 N–H and O–H groups in total. The first kappa shape index (κ1) is 12.5. The fraction of sp³-hybridized carbons (Fsp3) is 0.200. The number of fused-ring (bicyclic) bond motifs is 2. The highest BCUT2D eigenvalue weighted by Crippen LogP contribution is 2.28. The second-order valence-electron chi connectivity index (χ2n) is 4.46. The van der Waals surface area contributed by atoms with Gasteiger partial charge in [0.1, 0.15) is 12.4 Å². The van der Waals surface area contributed by atoms with Crippen molar-refractivity contribution in [2.75, 3.05) is 11.0 Å². The zero-order valence-corrected chi connectivity index (χ0v) is 11.7. The first-order valence-corrected chi connectivity index (χ1v) is 7.61. The molecule has 0 aliphatic carbocycles. The lowest BCUT2D eigenvalue weighted by Gasteiger charge is -2.24. The molecule has 0 saturated carbocycles. The molecule has 4 heteroatoms. The predicted octanol–water partition coefficient (Wildman–Crippen LogP) is 3.14. The van der Waals surface area contributed by atoms with E-state index in [9.17, 15) is 0 Å². The summed E-state index contributed by atoms with van der Waals surface area (Å²) in [6, 6.07) is 16.6. The van der Waals surface area contributed by atoms with E-state index in [1.807, 2.05) is 29.8 Å². The van der Waals surface area contributed by atoms with E-state index in [4.69, 9.17) is 4.74 Å². The third-order valence-electron chi connectivity index (χ3n) is 3.23. The van der Waals surface area contributed by atoms with Crippen LogP contribution < -0.4 is 15.4 Å². The molecule has 0 atom stereocenters. The minimum atomic E-state index is 0.284. The summed E-state index contributed by atoms with van der Waals surface area (Å²) in [5.41, 5.74) is 3.65. The quantitative estimate of drug-likeness (QED) is 0.846. The molecule has 0 aromatic heterocycles. The van der Waals surface area contributed by atoms with Gasteiger partial charge in [-0.2, -0.15) is 11.6 Å². The Labute approximate surface area is 118 Å².